The first-order valence-corrected chi connectivity index (χ1v) is 7.10. The van der Waals surface area contributed by atoms with E-state index in [0.717, 1.165) is 30.2 Å². The van der Waals surface area contributed by atoms with Gasteiger partial charge in [-0.3, -0.25) is 4.90 Å². The van der Waals surface area contributed by atoms with Crippen LogP contribution in [0, 0.1) is 6.92 Å². The lowest BCUT2D eigenvalue weighted by Crippen LogP contribution is -2.42. The zero-order valence-electron chi connectivity index (χ0n) is 11.7. The molecule has 0 radical (unpaired) electrons. The Morgan fingerprint density at radius 3 is 3.11 bits per heavy atom. The second-order valence-electron chi connectivity index (χ2n) is 5.67. The zero-order valence-corrected chi connectivity index (χ0v) is 11.7. The molecule has 104 valence electrons. The number of aryl methyl sites for hydroxylation is 1. The van der Waals surface area contributed by atoms with Gasteiger partial charge in [0, 0.05) is 36.1 Å². The van der Waals surface area contributed by atoms with Crippen LogP contribution in [0.5, 0.6) is 0 Å². The van der Waals surface area contributed by atoms with Crippen LogP contribution in [0.4, 0.5) is 0 Å². The molecule has 2 aliphatic heterocycles. The van der Waals surface area contributed by atoms with E-state index >= 15 is 0 Å². The number of morpholine rings is 1. The van der Waals surface area contributed by atoms with Gasteiger partial charge >= 0.3 is 0 Å². The van der Waals surface area contributed by atoms with E-state index in [2.05, 4.69) is 14.9 Å². The van der Waals surface area contributed by atoms with E-state index in [4.69, 9.17) is 10.5 Å². The van der Waals surface area contributed by atoms with Crippen molar-refractivity contribution in [3.8, 4) is 0 Å². The monoisotopic (exact) mass is 262 g/mol. The van der Waals surface area contributed by atoms with Crippen molar-refractivity contribution in [3.05, 3.63) is 23.3 Å². The maximum atomic E-state index is 5.94. The first-order chi connectivity index (χ1) is 9.15. The summed E-state index contributed by atoms with van der Waals surface area (Å²) in [6.45, 7) is 6.85. The Balaban J connectivity index is 1.77. The van der Waals surface area contributed by atoms with Crippen molar-refractivity contribution in [1.82, 2.24) is 14.9 Å². The van der Waals surface area contributed by atoms with Crippen molar-refractivity contribution in [2.45, 2.75) is 44.9 Å². The zero-order chi connectivity index (χ0) is 13.4. The van der Waals surface area contributed by atoms with Crippen molar-refractivity contribution in [3.63, 3.8) is 0 Å². The average molecular weight is 262 g/mol. The number of ether oxygens (including phenoxy) is 1. The number of nitrogens with zero attached hydrogens (tertiary/aromatic N) is 3. The standard InChI is InChI=1S/C14H22N4O/c1-9(15)12-6-16-14(17-10(12)2)13-7-18-5-3-4-11(18)8-19-13/h6,9,11,13H,3-5,7-8,15H2,1-2H3. The lowest BCUT2D eigenvalue weighted by Gasteiger charge is -2.34. The van der Waals surface area contributed by atoms with Gasteiger partial charge in [-0.25, -0.2) is 9.97 Å². The summed E-state index contributed by atoms with van der Waals surface area (Å²) in [5.41, 5.74) is 7.87. The Kier molecular flexibility index (Phi) is 3.52. The molecule has 3 heterocycles. The van der Waals surface area contributed by atoms with E-state index < -0.39 is 0 Å². The number of aromatic nitrogens is 2. The van der Waals surface area contributed by atoms with Gasteiger partial charge in [-0.2, -0.15) is 0 Å². The predicted octanol–water partition coefficient (Wildman–Crippen LogP) is 1.34. The van der Waals surface area contributed by atoms with E-state index in [0.29, 0.717) is 6.04 Å². The minimum Gasteiger partial charge on any atom is -0.367 e. The highest BCUT2D eigenvalue weighted by molar-refractivity contribution is 5.20. The number of fused-ring (bicyclic) bond motifs is 1. The van der Waals surface area contributed by atoms with Gasteiger partial charge < -0.3 is 10.5 Å². The Bertz CT molecular complexity index is 463. The van der Waals surface area contributed by atoms with Crippen molar-refractivity contribution in [1.29, 1.82) is 0 Å². The Hall–Kier alpha value is -1.04. The van der Waals surface area contributed by atoms with E-state index in [-0.39, 0.29) is 12.1 Å². The molecule has 0 spiro atoms. The van der Waals surface area contributed by atoms with Crippen LogP contribution < -0.4 is 5.73 Å². The van der Waals surface area contributed by atoms with Gasteiger partial charge in [0.25, 0.3) is 0 Å². The fourth-order valence-electron chi connectivity index (χ4n) is 3.07. The highest BCUT2D eigenvalue weighted by Gasteiger charge is 2.34. The molecule has 3 unspecified atom stereocenters. The topological polar surface area (TPSA) is 64.3 Å². The van der Waals surface area contributed by atoms with E-state index in [1.54, 1.807) is 0 Å². The van der Waals surface area contributed by atoms with Gasteiger partial charge in [0.1, 0.15) is 6.10 Å². The third-order valence-corrected chi connectivity index (χ3v) is 4.20. The molecule has 0 aliphatic carbocycles. The summed E-state index contributed by atoms with van der Waals surface area (Å²) in [4.78, 5) is 11.6. The molecule has 2 aliphatic rings. The first kappa shape index (κ1) is 13.0. The minimum absolute atomic E-state index is 0.00943. The van der Waals surface area contributed by atoms with Gasteiger partial charge in [0.15, 0.2) is 5.82 Å². The Morgan fingerprint density at radius 1 is 1.53 bits per heavy atom. The van der Waals surface area contributed by atoms with Crippen LogP contribution >= 0.6 is 0 Å². The molecule has 5 heteroatoms. The van der Waals surface area contributed by atoms with Gasteiger partial charge in [-0.15, -0.1) is 0 Å². The van der Waals surface area contributed by atoms with Crippen molar-refractivity contribution in [2.24, 2.45) is 5.73 Å². The molecule has 2 N–H and O–H groups in total. The molecular weight excluding hydrogens is 240 g/mol. The van der Waals surface area contributed by atoms with E-state index in [1.165, 1.54) is 19.4 Å². The van der Waals surface area contributed by atoms with Crippen LogP contribution in [0.3, 0.4) is 0 Å². The fraction of sp³-hybridized carbons (Fsp3) is 0.714. The van der Waals surface area contributed by atoms with Crippen LogP contribution in [0.2, 0.25) is 0 Å². The van der Waals surface area contributed by atoms with Crippen LogP contribution in [0.15, 0.2) is 6.20 Å². The summed E-state index contributed by atoms with van der Waals surface area (Å²) in [5.74, 6) is 0.798. The quantitative estimate of drug-likeness (QED) is 0.871. The van der Waals surface area contributed by atoms with Gasteiger partial charge in [0.2, 0.25) is 0 Å². The third kappa shape index (κ3) is 2.50. The van der Waals surface area contributed by atoms with Gasteiger partial charge in [0.05, 0.1) is 6.61 Å². The van der Waals surface area contributed by atoms with Crippen molar-refractivity contribution in [2.75, 3.05) is 19.7 Å². The summed E-state index contributed by atoms with van der Waals surface area (Å²) in [5, 5.41) is 0. The smallest absolute Gasteiger partial charge is 0.158 e. The van der Waals surface area contributed by atoms with Gasteiger partial charge in [-0.1, -0.05) is 0 Å². The molecule has 1 aromatic heterocycles. The fourth-order valence-corrected chi connectivity index (χ4v) is 3.07. The minimum atomic E-state index is -0.0238. The summed E-state index contributed by atoms with van der Waals surface area (Å²) in [6.07, 6.45) is 4.40. The maximum Gasteiger partial charge on any atom is 0.158 e. The summed E-state index contributed by atoms with van der Waals surface area (Å²) < 4.78 is 5.94. The first-order valence-electron chi connectivity index (χ1n) is 7.10. The number of nitrogens with two attached hydrogens (primary N) is 1. The molecule has 0 amide bonds. The maximum absolute atomic E-state index is 5.94. The van der Waals surface area contributed by atoms with Crippen molar-refractivity contribution >= 4 is 0 Å². The van der Waals surface area contributed by atoms with Gasteiger partial charge in [-0.05, 0) is 33.2 Å². The second kappa shape index (κ2) is 5.15. The molecule has 19 heavy (non-hydrogen) atoms. The largest absolute Gasteiger partial charge is 0.367 e. The van der Waals surface area contributed by atoms with Crippen LogP contribution in [-0.4, -0.2) is 40.6 Å². The van der Waals surface area contributed by atoms with Crippen LogP contribution in [0.1, 0.15) is 49.0 Å². The van der Waals surface area contributed by atoms with Crippen molar-refractivity contribution < 1.29 is 4.74 Å². The third-order valence-electron chi connectivity index (χ3n) is 4.20. The van der Waals surface area contributed by atoms with E-state index in [1.807, 2.05) is 20.0 Å². The summed E-state index contributed by atoms with van der Waals surface area (Å²) in [7, 11) is 0. The average Bonchev–Trinajstić information content (AvgIpc) is 2.85. The summed E-state index contributed by atoms with van der Waals surface area (Å²) >= 11 is 0. The number of hydrogen-bond donors (Lipinski definition) is 1. The molecule has 0 aromatic carbocycles. The Labute approximate surface area is 114 Å². The molecule has 2 saturated heterocycles. The highest BCUT2D eigenvalue weighted by Crippen LogP contribution is 2.29. The molecule has 3 rings (SSSR count). The lowest BCUT2D eigenvalue weighted by molar-refractivity contribution is -0.0542. The van der Waals surface area contributed by atoms with E-state index in [9.17, 15) is 0 Å². The normalized spacial score (nSPS) is 29.2. The SMILES string of the molecule is Cc1nc(C2CN3CCCC3CO2)ncc1C(C)N. The summed E-state index contributed by atoms with van der Waals surface area (Å²) in [6, 6.07) is 0.588. The second-order valence-corrected chi connectivity index (χ2v) is 5.67. The molecular formula is C14H22N4O. The highest BCUT2D eigenvalue weighted by atomic mass is 16.5. The molecule has 2 fully saturated rings. The van der Waals surface area contributed by atoms with Crippen LogP contribution in [-0.2, 0) is 4.74 Å². The molecule has 0 bridgehead atoms. The predicted molar refractivity (Wildman–Crippen MR) is 72.7 cm³/mol. The molecule has 3 atom stereocenters. The number of rotatable bonds is 2. The molecule has 0 saturated carbocycles. The Morgan fingerprint density at radius 2 is 2.37 bits per heavy atom. The molecule has 5 nitrogen and oxygen atoms in total. The van der Waals surface area contributed by atoms with Crippen LogP contribution in [0.25, 0.3) is 0 Å². The molecule has 1 aromatic rings. The lowest BCUT2D eigenvalue weighted by atomic mass is 10.1. The number of hydrogen-bond acceptors (Lipinski definition) is 5.